The molecular formula is C25H17F3N4O4. The van der Waals surface area contributed by atoms with E-state index in [-0.39, 0.29) is 29.3 Å². The second-order valence-corrected chi connectivity index (χ2v) is 7.77. The van der Waals surface area contributed by atoms with E-state index in [0.717, 1.165) is 12.1 Å². The van der Waals surface area contributed by atoms with Gasteiger partial charge < -0.3 is 18.7 Å². The third-order valence-corrected chi connectivity index (χ3v) is 5.34. The predicted octanol–water partition coefficient (Wildman–Crippen LogP) is 5.79. The number of furan rings is 2. The normalized spacial score (nSPS) is 11.5. The van der Waals surface area contributed by atoms with Gasteiger partial charge in [-0.3, -0.25) is 14.9 Å². The van der Waals surface area contributed by atoms with E-state index in [1.54, 1.807) is 22.8 Å². The number of halogens is 3. The van der Waals surface area contributed by atoms with Gasteiger partial charge in [0.25, 0.3) is 11.8 Å². The minimum absolute atomic E-state index is 0.0564. The Balaban J connectivity index is 1.40. The lowest BCUT2D eigenvalue weighted by Gasteiger charge is -2.10. The van der Waals surface area contributed by atoms with Gasteiger partial charge in [-0.25, -0.2) is 4.98 Å². The van der Waals surface area contributed by atoms with Gasteiger partial charge in [0.2, 0.25) is 5.95 Å². The van der Waals surface area contributed by atoms with Crippen LogP contribution < -0.4 is 10.6 Å². The van der Waals surface area contributed by atoms with Crippen LogP contribution >= 0.6 is 0 Å². The molecule has 0 aliphatic heterocycles. The number of aromatic nitrogens is 2. The zero-order chi connectivity index (χ0) is 25.3. The van der Waals surface area contributed by atoms with E-state index in [1.165, 1.54) is 48.9 Å². The summed E-state index contributed by atoms with van der Waals surface area (Å²) in [7, 11) is 0. The molecule has 0 saturated heterocycles. The standard InChI is InChI=1S/C25H17F3N4O4/c26-25(27,28)16-7-10-20-19(13-16)30-24(32(20)14-18-3-1-11-35-18)31-22(33)15-5-8-17(9-6-15)29-23(34)21-4-2-12-36-21/h1-13H,14H2,(H,29,34)(H,30,31,33). The van der Waals surface area contributed by atoms with Crippen molar-refractivity contribution in [2.45, 2.75) is 12.7 Å². The first-order chi connectivity index (χ1) is 17.3. The van der Waals surface area contributed by atoms with E-state index in [9.17, 15) is 22.8 Å². The second kappa shape index (κ2) is 9.10. The molecule has 36 heavy (non-hydrogen) atoms. The Morgan fingerprint density at radius 1 is 0.889 bits per heavy atom. The maximum absolute atomic E-state index is 13.2. The third kappa shape index (κ3) is 4.71. The highest BCUT2D eigenvalue weighted by molar-refractivity contribution is 6.05. The Labute approximate surface area is 201 Å². The number of alkyl halides is 3. The molecule has 8 nitrogen and oxygen atoms in total. The minimum atomic E-state index is -4.53. The van der Waals surface area contributed by atoms with Crippen molar-refractivity contribution in [1.82, 2.24) is 9.55 Å². The summed E-state index contributed by atoms with van der Waals surface area (Å²) < 4.78 is 51.6. The van der Waals surface area contributed by atoms with E-state index < -0.39 is 23.6 Å². The van der Waals surface area contributed by atoms with Crippen LogP contribution in [-0.2, 0) is 12.7 Å². The van der Waals surface area contributed by atoms with Crippen LogP contribution in [0.5, 0.6) is 0 Å². The Bertz CT molecular complexity index is 1520. The van der Waals surface area contributed by atoms with Crippen molar-refractivity contribution in [3.63, 3.8) is 0 Å². The van der Waals surface area contributed by atoms with Gasteiger partial charge >= 0.3 is 6.18 Å². The number of carbonyl (C=O) groups is 2. The summed E-state index contributed by atoms with van der Waals surface area (Å²) in [5.41, 5.74) is 0.312. The van der Waals surface area contributed by atoms with Crippen LogP contribution in [0.4, 0.5) is 24.8 Å². The summed E-state index contributed by atoms with van der Waals surface area (Å²) in [5.74, 6) is -0.253. The number of imidazole rings is 1. The number of carbonyl (C=O) groups excluding carboxylic acids is 2. The lowest BCUT2D eigenvalue weighted by atomic mass is 10.2. The number of benzene rings is 2. The summed E-state index contributed by atoms with van der Waals surface area (Å²) in [5, 5.41) is 5.30. The van der Waals surface area contributed by atoms with Gasteiger partial charge in [-0.15, -0.1) is 0 Å². The van der Waals surface area contributed by atoms with Crippen molar-refractivity contribution in [2.75, 3.05) is 10.6 Å². The zero-order valence-electron chi connectivity index (χ0n) is 18.4. The lowest BCUT2D eigenvalue weighted by Crippen LogP contribution is -2.16. The Morgan fingerprint density at radius 3 is 2.31 bits per heavy atom. The summed E-state index contributed by atoms with van der Waals surface area (Å²) in [6, 6.07) is 15.8. The number of nitrogens with one attached hydrogen (secondary N) is 2. The van der Waals surface area contributed by atoms with Crippen LogP contribution in [-0.4, -0.2) is 21.4 Å². The number of rotatable bonds is 6. The predicted molar refractivity (Wildman–Crippen MR) is 124 cm³/mol. The molecule has 2 aromatic carbocycles. The average molecular weight is 494 g/mol. The van der Waals surface area contributed by atoms with Gasteiger partial charge in [0.1, 0.15) is 5.76 Å². The fourth-order valence-corrected chi connectivity index (χ4v) is 3.60. The Morgan fingerprint density at radius 2 is 1.64 bits per heavy atom. The van der Waals surface area contributed by atoms with Crippen molar-refractivity contribution < 1.29 is 31.6 Å². The molecule has 0 aliphatic carbocycles. The molecule has 182 valence electrons. The van der Waals surface area contributed by atoms with Crippen molar-refractivity contribution in [2.24, 2.45) is 0 Å². The van der Waals surface area contributed by atoms with Crippen LogP contribution in [0.15, 0.2) is 88.1 Å². The van der Waals surface area contributed by atoms with Gasteiger partial charge in [0.05, 0.1) is 35.7 Å². The number of amides is 2. The zero-order valence-corrected chi connectivity index (χ0v) is 18.4. The first-order valence-corrected chi connectivity index (χ1v) is 10.6. The molecule has 0 radical (unpaired) electrons. The molecule has 0 unspecified atom stereocenters. The minimum Gasteiger partial charge on any atom is -0.467 e. The molecule has 0 aliphatic rings. The smallest absolute Gasteiger partial charge is 0.416 e. The molecule has 0 saturated carbocycles. The second-order valence-electron chi connectivity index (χ2n) is 7.77. The van der Waals surface area contributed by atoms with Crippen LogP contribution in [0.2, 0.25) is 0 Å². The number of nitrogens with zero attached hydrogens (tertiary/aromatic N) is 2. The molecular weight excluding hydrogens is 477 g/mol. The van der Waals surface area contributed by atoms with Crippen LogP contribution in [0.3, 0.4) is 0 Å². The molecule has 0 bridgehead atoms. The Kier molecular flexibility index (Phi) is 5.80. The highest BCUT2D eigenvalue weighted by atomic mass is 19.4. The molecule has 0 atom stereocenters. The van der Waals surface area contributed by atoms with E-state index in [1.807, 2.05) is 0 Å². The molecule has 5 aromatic rings. The third-order valence-electron chi connectivity index (χ3n) is 5.34. The molecule has 3 aromatic heterocycles. The van der Waals surface area contributed by atoms with Gasteiger partial charge in [-0.05, 0) is 66.7 Å². The van der Waals surface area contributed by atoms with E-state index in [4.69, 9.17) is 8.83 Å². The van der Waals surface area contributed by atoms with Crippen molar-refractivity contribution in [3.05, 3.63) is 102 Å². The van der Waals surface area contributed by atoms with Gasteiger partial charge in [0, 0.05) is 11.3 Å². The number of hydrogen-bond acceptors (Lipinski definition) is 5. The fraction of sp³-hybridized carbons (Fsp3) is 0.0800. The summed E-state index contributed by atoms with van der Waals surface area (Å²) in [6.07, 6.45) is -1.68. The van der Waals surface area contributed by atoms with Crippen LogP contribution in [0, 0.1) is 0 Å². The number of hydrogen-bond donors (Lipinski definition) is 2. The van der Waals surface area contributed by atoms with E-state index in [2.05, 4.69) is 15.6 Å². The van der Waals surface area contributed by atoms with Crippen molar-refractivity contribution in [3.8, 4) is 0 Å². The highest BCUT2D eigenvalue weighted by Crippen LogP contribution is 2.32. The highest BCUT2D eigenvalue weighted by Gasteiger charge is 2.31. The van der Waals surface area contributed by atoms with Crippen molar-refractivity contribution >= 4 is 34.5 Å². The first kappa shape index (κ1) is 23.0. The van der Waals surface area contributed by atoms with Crippen LogP contribution in [0.25, 0.3) is 11.0 Å². The van der Waals surface area contributed by atoms with Gasteiger partial charge in [-0.1, -0.05) is 0 Å². The van der Waals surface area contributed by atoms with E-state index in [0.29, 0.717) is 17.0 Å². The molecule has 2 amide bonds. The molecule has 11 heteroatoms. The molecule has 2 N–H and O–H groups in total. The molecule has 5 rings (SSSR count). The largest absolute Gasteiger partial charge is 0.467 e. The monoisotopic (exact) mass is 494 g/mol. The quantitative estimate of drug-likeness (QED) is 0.311. The fourth-order valence-electron chi connectivity index (χ4n) is 3.60. The lowest BCUT2D eigenvalue weighted by molar-refractivity contribution is -0.137. The topological polar surface area (TPSA) is 102 Å². The number of fused-ring (bicyclic) bond motifs is 1. The summed E-state index contributed by atoms with van der Waals surface area (Å²) in [4.78, 5) is 29.3. The average Bonchev–Trinajstić information content (AvgIpc) is 3.61. The SMILES string of the molecule is O=C(Nc1nc2cc(C(F)(F)F)ccc2n1Cc1ccco1)c1ccc(NC(=O)c2ccco2)cc1. The molecule has 0 fully saturated rings. The first-order valence-electron chi connectivity index (χ1n) is 10.6. The van der Waals surface area contributed by atoms with Gasteiger partial charge in [-0.2, -0.15) is 13.2 Å². The molecule has 3 heterocycles. The maximum Gasteiger partial charge on any atom is 0.416 e. The van der Waals surface area contributed by atoms with Gasteiger partial charge in [0.15, 0.2) is 5.76 Å². The Hall–Kier alpha value is -4.80. The summed E-state index contributed by atoms with van der Waals surface area (Å²) >= 11 is 0. The van der Waals surface area contributed by atoms with Crippen LogP contribution in [0.1, 0.15) is 32.2 Å². The summed E-state index contributed by atoms with van der Waals surface area (Å²) in [6.45, 7) is 0.141. The number of anilines is 2. The van der Waals surface area contributed by atoms with Crippen molar-refractivity contribution in [1.29, 1.82) is 0 Å². The maximum atomic E-state index is 13.2. The molecule has 0 spiro atoms. The van der Waals surface area contributed by atoms with E-state index >= 15 is 0 Å².